The molecule has 4 heteroatoms. The maximum absolute atomic E-state index is 4.17. The minimum Gasteiger partial charge on any atom is -0.381 e. The van der Waals surface area contributed by atoms with Gasteiger partial charge in [-0.25, -0.2) is 0 Å². The average Bonchev–Trinajstić information content (AvgIpc) is 2.97. The number of pyridine rings is 1. The Morgan fingerprint density at radius 2 is 2.00 bits per heavy atom. The van der Waals surface area contributed by atoms with Crippen molar-refractivity contribution >= 4 is 28.9 Å². The summed E-state index contributed by atoms with van der Waals surface area (Å²) in [6.45, 7) is 6.99. The third-order valence-corrected chi connectivity index (χ3v) is 4.69. The van der Waals surface area contributed by atoms with E-state index in [0.717, 1.165) is 6.04 Å². The second-order valence-corrected chi connectivity index (χ2v) is 6.03. The maximum atomic E-state index is 4.17. The topological polar surface area (TPSA) is 28.2 Å². The Kier molecular flexibility index (Phi) is 7.80. The maximum Gasteiger partial charge on any atom is 0.0400 e. The van der Waals surface area contributed by atoms with E-state index in [4.69, 9.17) is 0 Å². The summed E-state index contributed by atoms with van der Waals surface area (Å²) in [6.07, 6.45) is 7.53. The van der Waals surface area contributed by atoms with E-state index in [1.54, 1.807) is 0 Å². The van der Waals surface area contributed by atoms with E-state index in [1.807, 2.05) is 12.4 Å². The van der Waals surface area contributed by atoms with Crippen LogP contribution in [-0.4, -0.2) is 35.1 Å². The minimum atomic E-state index is 0. The van der Waals surface area contributed by atoms with Gasteiger partial charge in [-0.3, -0.25) is 9.88 Å². The Bertz CT molecular complexity index is 598. The molecule has 1 aliphatic heterocycles. The molecule has 3 nitrogen and oxygen atoms in total. The van der Waals surface area contributed by atoms with Gasteiger partial charge in [0.05, 0.1) is 0 Å². The summed E-state index contributed by atoms with van der Waals surface area (Å²) in [5, 5.41) is 6.16. The molecule has 0 saturated carbocycles. The SMILES string of the molecule is C.CCC(CC)N1CC[C@@H](Nc2ccc3cnccc3c2)C1.Cl. The van der Waals surface area contributed by atoms with Crippen molar-refractivity contribution in [1.29, 1.82) is 0 Å². The predicted octanol–water partition coefficient (Wildman–Crippen LogP) is 4.97. The summed E-state index contributed by atoms with van der Waals surface area (Å²) in [6, 6.07) is 9.95. The summed E-state index contributed by atoms with van der Waals surface area (Å²) >= 11 is 0. The van der Waals surface area contributed by atoms with Gasteiger partial charge in [0.2, 0.25) is 0 Å². The molecule has 1 aliphatic rings. The first-order valence-corrected chi connectivity index (χ1v) is 8.14. The van der Waals surface area contributed by atoms with Gasteiger partial charge >= 0.3 is 0 Å². The van der Waals surface area contributed by atoms with E-state index in [1.165, 1.54) is 48.8 Å². The van der Waals surface area contributed by atoms with E-state index in [0.29, 0.717) is 6.04 Å². The lowest BCUT2D eigenvalue weighted by Gasteiger charge is -2.25. The van der Waals surface area contributed by atoms with Crippen molar-refractivity contribution in [3.63, 3.8) is 0 Å². The van der Waals surface area contributed by atoms with Gasteiger partial charge in [0.1, 0.15) is 0 Å². The number of nitrogens with one attached hydrogen (secondary N) is 1. The van der Waals surface area contributed by atoms with Crippen LogP contribution in [0.25, 0.3) is 10.8 Å². The van der Waals surface area contributed by atoms with Crippen LogP contribution in [0.15, 0.2) is 36.7 Å². The molecule has 1 aromatic heterocycles. The normalized spacial score (nSPS) is 17.8. The number of aromatic nitrogens is 1. The Morgan fingerprint density at radius 3 is 2.74 bits per heavy atom. The molecule has 0 spiro atoms. The number of benzene rings is 1. The molecule has 128 valence electrons. The Hall–Kier alpha value is -1.32. The molecule has 1 atom stereocenters. The Balaban J connectivity index is 0.00000132. The van der Waals surface area contributed by atoms with E-state index < -0.39 is 0 Å². The highest BCUT2D eigenvalue weighted by atomic mass is 35.5. The van der Waals surface area contributed by atoms with Gasteiger partial charge in [-0.05, 0) is 42.8 Å². The molecule has 2 aromatic rings. The molecule has 0 unspecified atom stereocenters. The molecule has 0 radical (unpaired) electrons. The Labute approximate surface area is 146 Å². The molecule has 0 aliphatic carbocycles. The van der Waals surface area contributed by atoms with E-state index in [2.05, 4.69) is 53.3 Å². The zero-order valence-electron chi connectivity index (χ0n) is 13.5. The fraction of sp³-hybridized carbons (Fsp3) is 0.526. The fourth-order valence-corrected chi connectivity index (χ4v) is 3.45. The lowest BCUT2D eigenvalue weighted by Crippen LogP contribution is -2.34. The van der Waals surface area contributed by atoms with Gasteiger partial charge in [0.15, 0.2) is 0 Å². The van der Waals surface area contributed by atoms with Crippen LogP contribution in [0.1, 0.15) is 40.5 Å². The number of fused-ring (bicyclic) bond motifs is 1. The third kappa shape index (κ3) is 4.58. The van der Waals surface area contributed by atoms with Crippen molar-refractivity contribution in [2.45, 2.75) is 52.6 Å². The number of likely N-dealkylation sites (tertiary alicyclic amines) is 1. The molecule has 1 N–H and O–H groups in total. The van der Waals surface area contributed by atoms with Crippen molar-refractivity contribution in [2.75, 3.05) is 18.4 Å². The van der Waals surface area contributed by atoms with Crippen molar-refractivity contribution in [3.8, 4) is 0 Å². The van der Waals surface area contributed by atoms with Crippen LogP contribution in [0, 0.1) is 0 Å². The van der Waals surface area contributed by atoms with Crippen LogP contribution < -0.4 is 5.32 Å². The highest BCUT2D eigenvalue weighted by Crippen LogP contribution is 2.23. The van der Waals surface area contributed by atoms with Gasteiger partial charge in [0.25, 0.3) is 0 Å². The highest BCUT2D eigenvalue weighted by Gasteiger charge is 2.26. The smallest absolute Gasteiger partial charge is 0.0400 e. The molecule has 23 heavy (non-hydrogen) atoms. The van der Waals surface area contributed by atoms with Crippen LogP contribution in [0.3, 0.4) is 0 Å². The van der Waals surface area contributed by atoms with Crippen molar-refractivity contribution in [3.05, 3.63) is 36.7 Å². The molecule has 1 fully saturated rings. The summed E-state index contributed by atoms with van der Waals surface area (Å²) in [5.41, 5.74) is 1.23. The largest absolute Gasteiger partial charge is 0.381 e. The predicted molar refractivity (Wildman–Crippen MR) is 104 cm³/mol. The molecular formula is C19H30ClN3. The number of hydrogen-bond acceptors (Lipinski definition) is 3. The van der Waals surface area contributed by atoms with Crippen LogP contribution in [0.4, 0.5) is 5.69 Å². The van der Waals surface area contributed by atoms with Crippen molar-refractivity contribution in [1.82, 2.24) is 9.88 Å². The average molecular weight is 336 g/mol. The second-order valence-electron chi connectivity index (χ2n) is 6.03. The van der Waals surface area contributed by atoms with Crippen molar-refractivity contribution in [2.24, 2.45) is 0 Å². The van der Waals surface area contributed by atoms with E-state index >= 15 is 0 Å². The number of anilines is 1. The van der Waals surface area contributed by atoms with Crippen LogP contribution in [0.5, 0.6) is 0 Å². The first-order valence-electron chi connectivity index (χ1n) is 8.14. The first kappa shape index (κ1) is 19.7. The molecular weight excluding hydrogens is 306 g/mol. The lowest BCUT2D eigenvalue weighted by atomic mass is 10.1. The van der Waals surface area contributed by atoms with Gasteiger partial charge < -0.3 is 5.32 Å². The molecule has 1 aromatic carbocycles. The molecule has 1 saturated heterocycles. The summed E-state index contributed by atoms with van der Waals surface area (Å²) in [4.78, 5) is 6.81. The number of nitrogens with zero attached hydrogens (tertiary/aromatic N) is 2. The van der Waals surface area contributed by atoms with Gasteiger partial charge in [-0.1, -0.05) is 27.3 Å². The first-order chi connectivity index (χ1) is 10.3. The van der Waals surface area contributed by atoms with Gasteiger partial charge in [-0.15, -0.1) is 12.4 Å². The van der Waals surface area contributed by atoms with Crippen LogP contribution in [0.2, 0.25) is 0 Å². The van der Waals surface area contributed by atoms with E-state index in [-0.39, 0.29) is 19.8 Å². The van der Waals surface area contributed by atoms with Gasteiger partial charge in [0, 0.05) is 48.6 Å². The minimum absolute atomic E-state index is 0. The monoisotopic (exact) mass is 335 g/mol. The molecule has 2 heterocycles. The summed E-state index contributed by atoms with van der Waals surface area (Å²) < 4.78 is 0. The van der Waals surface area contributed by atoms with Crippen LogP contribution in [-0.2, 0) is 0 Å². The Morgan fingerprint density at radius 1 is 1.22 bits per heavy atom. The number of hydrogen-bond donors (Lipinski definition) is 1. The third-order valence-electron chi connectivity index (χ3n) is 4.69. The van der Waals surface area contributed by atoms with Gasteiger partial charge in [-0.2, -0.15) is 0 Å². The number of halogens is 1. The molecule has 3 rings (SSSR count). The second kappa shape index (κ2) is 9.09. The summed E-state index contributed by atoms with van der Waals surface area (Å²) in [5.74, 6) is 0. The fourth-order valence-electron chi connectivity index (χ4n) is 3.45. The highest BCUT2D eigenvalue weighted by molar-refractivity contribution is 5.85. The zero-order valence-corrected chi connectivity index (χ0v) is 14.3. The number of rotatable bonds is 5. The summed E-state index contributed by atoms with van der Waals surface area (Å²) in [7, 11) is 0. The molecule has 0 amide bonds. The molecule has 0 bridgehead atoms. The van der Waals surface area contributed by atoms with E-state index in [9.17, 15) is 0 Å². The van der Waals surface area contributed by atoms with Crippen LogP contribution >= 0.6 is 12.4 Å². The van der Waals surface area contributed by atoms with Crippen molar-refractivity contribution < 1.29 is 0 Å². The quantitative estimate of drug-likeness (QED) is 0.836. The standard InChI is InChI=1S/C18H25N3.CH4.ClH/c1-3-18(4-2)21-10-8-17(13-21)20-16-6-5-15-12-19-9-7-14(15)11-16;;/h5-7,9,11-12,17-18,20H,3-4,8,10,13H2,1-2H3;1H4;1H/t17-;;/m1../s1. The lowest BCUT2D eigenvalue weighted by molar-refractivity contribution is 0.228. The zero-order chi connectivity index (χ0) is 14.7.